The molecule has 0 aromatic heterocycles. The van der Waals surface area contributed by atoms with E-state index in [2.05, 4.69) is 60.3 Å². The number of piperazine rings is 1. The van der Waals surface area contributed by atoms with E-state index in [0.717, 1.165) is 66.6 Å². The number of hydrogen-bond acceptors (Lipinski definition) is 6. The molecule has 0 saturated carbocycles. The molecule has 2 heterocycles. The molecular weight excluding hydrogens is 474 g/mol. The Kier molecular flexibility index (Phi) is 9.02. The molecule has 0 aliphatic carbocycles. The zero-order valence-electron chi connectivity index (χ0n) is 23.2. The lowest BCUT2D eigenvalue weighted by atomic mass is 10.1. The van der Waals surface area contributed by atoms with Crippen molar-refractivity contribution in [1.82, 2.24) is 9.80 Å². The van der Waals surface area contributed by atoms with Crippen molar-refractivity contribution in [2.45, 2.75) is 33.7 Å². The Bertz CT molecular complexity index is 1250. The van der Waals surface area contributed by atoms with Gasteiger partial charge in [0.2, 0.25) is 0 Å². The van der Waals surface area contributed by atoms with Crippen LogP contribution in [0.3, 0.4) is 0 Å². The molecule has 1 fully saturated rings. The number of likely N-dealkylation sites (N-methyl/N-ethyl adjacent to an activating group) is 1. The highest BCUT2D eigenvalue weighted by molar-refractivity contribution is 6.15. The van der Waals surface area contributed by atoms with E-state index < -0.39 is 0 Å². The summed E-state index contributed by atoms with van der Waals surface area (Å²) in [7, 11) is 3.81. The van der Waals surface area contributed by atoms with Crippen molar-refractivity contribution in [3.8, 4) is 5.75 Å². The van der Waals surface area contributed by atoms with Crippen LogP contribution < -0.4 is 15.0 Å². The standard InChI is InChI=1S/C31H39N5O2/c1-6-23(3)30(32-26-12-14-27(15-13-26)35-19-17-34(4)18-20-35)33-31-25(7-2)11-16-29(37)36(31)22-24-9-8-10-28(21-24)38-5/h7-16,21,32H,6,17-20,22H2,1-5H3/b25-7-,30-23+,33-31+. The van der Waals surface area contributed by atoms with Gasteiger partial charge in [-0.1, -0.05) is 25.1 Å². The van der Waals surface area contributed by atoms with E-state index in [0.29, 0.717) is 12.4 Å². The summed E-state index contributed by atoms with van der Waals surface area (Å²) in [6, 6.07) is 16.3. The number of amidine groups is 1. The van der Waals surface area contributed by atoms with E-state index in [4.69, 9.17) is 9.73 Å². The number of hydrogen-bond donors (Lipinski definition) is 1. The fourth-order valence-electron chi connectivity index (χ4n) is 4.50. The van der Waals surface area contributed by atoms with Gasteiger partial charge in [-0.2, -0.15) is 0 Å². The van der Waals surface area contributed by atoms with Crippen molar-refractivity contribution in [2.24, 2.45) is 4.99 Å². The van der Waals surface area contributed by atoms with Gasteiger partial charge in [0.15, 0.2) is 0 Å². The lowest BCUT2D eigenvalue weighted by molar-refractivity contribution is -0.123. The second-order valence-electron chi connectivity index (χ2n) is 9.73. The molecule has 200 valence electrons. The van der Waals surface area contributed by atoms with Crippen LogP contribution in [0.15, 0.2) is 88.7 Å². The molecule has 7 heteroatoms. The number of carbonyl (C=O) groups is 1. The second kappa shape index (κ2) is 12.6. The van der Waals surface area contributed by atoms with Gasteiger partial charge in [0.25, 0.3) is 5.91 Å². The number of methoxy groups -OCH3 is 1. The molecule has 0 spiro atoms. The fourth-order valence-corrected chi connectivity index (χ4v) is 4.50. The average molecular weight is 514 g/mol. The molecule has 1 amide bonds. The van der Waals surface area contributed by atoms with Crippen LogP contribution in [0.4, 0.5) is 11.4 Å². The zero-order chi connectivity index (χ0) is 27.1. The molecule has 1 N–H and O–H groups in total. The molecule has 0 atom stereocenters. The Morgan fingerprint density at radius 2 is 1.82 bits per heavy atom. The number of anilines is 2. The number of ether oxygens (including phenoxy) is 1. The summed E-state index contributed by atoms with van der Waals surface area (Å²) in [5.74, 6) is 2.05. The largest absolute Gasteiger partial charge is 0.497 e. The summed E-state index contributed by atoms with van der Waals surface area (Å²) >= 11 is 0. The van der Waals surface area contributed by atoms with Crippen molar-refractivity contribution in [3.63, 3.8) is 0 Å². The van der Waals surface area contributed by atoms with Crippen molar-refractivity contribution < 1.29 is 9.53 Å². The Balaban J connectivity index is 1.62. The van der Waals surface area contributed by atoms with Gasteiger partial charge in [-0.15, -0.1) is 0 Å². The second-order valence-corrected chi connectivity index (χ2v) is 9.73. The van der Waals surface area contributed by atoms with Crippen LogP contribution in [0.2, 0.25) is 0 Å². The molecular formula is C31H39N5O2. The lowest BCUT2D eigenvalue weighted by Gasteiger charge is -2.34. The van der Waals surface area contributed by atoms with Crippen molar-refractivity contribution >= 4 is 23.1 Å². The molecule has 2 aliphatic rings. The Morgan fingerprint density at radius 1 is 1.08 bits per heavy atom. The molecule has 0 bridgehead atoms. The predicted octanol–water partition coefficient (Wildman–Crippen LogP) is 5.44. The molecule has 2 aromatic carbocycles. The number of nitrogens with one attached hydrogen (secondary N) is 1. The first kappa shape index (κ1) is 27.2. The van der Waals surface area contributed by atoms with Crippen molar-refractivity contribution in [1.29, 1.82) is 0 Å². The van der Waals surface area contributed by atoms with Crippen LogP contribution in [-0.4, -0.2) is 61.9 Å². The highest BCUT2D eigenvalue weighted by Crippen LogP contribution is 2.25. The SMILES string of the molecule is C/C=C1/C=CC(=O)N(Cc2cccc(OC)c2)/C1=N/C(Nc1ccc(N2CCN(C)CC2)cc1)=C(\C)CC. The van der Waals surface area contributed by atoms with E-state index in [-0.39, 0.29) is 5.91 Å². The topological polar surface area (TPSA) is 60.4 Å². The zero-order valence-corrected chi connectivity index (χ0v) is 23.2. The van der Waals surface area contributed by atoms with Crippen molar-refractivity contribution in [2.75, 3.05) is 50.6 Å². The minimum Gasteiger partial charge on any atom is -0.497 e. The van der Waals surface area contributed by atoms with Crippen molar-refractivity contribution in [3.05, 3.63) is 89.3 Å². The van der Waals surface area contributed by atoms with Gasteiger partial charge in [0.1, 0.15) is 17.4 Å². The number of benzene rings is 2. The maximum Gasteiger partial charge on any atom is 0.252 e. The Hall–Kier alpha value is -3.84. The van der Waals surface area contributed by atoms with Gasteiger partial charge >= 0.3 is 0 Å². The van der Waals surface area contributed by atoms with Gasteiger partial charge in [-0.05, 0) is 80.9 Å². The summed E-state index contributed by atoms with van der Waals surface area (Å²) in [6.07, 6.45) is 6.27. The highest BCUT2D eigenvalue weighted by atomic mass is 16.5. The molecule has 0 unspecified atom stereocenters. The number of nitrogens with zero attached hydrogens (tertiary/aromatic N) is 4. The number of allylic oxidation sites excluding steroid dienone is 2. The molecule has 7 nitrogen and oxygen atoms in total. The first-order valence-corrected chi connectivity index (χ1v) is 13.3. The summed E-state index contributed by atoms with van der Waals surface area (Å²) in [5, 5.41) is 3.53. The van der Waals surface area contributed by atoms with E-state index in [1.807, 2.05) is 43.3 Å². The highest BCUT2D eigenvalue weighted by Gasteiger charge is 2.25. The number of aliphatic imine (C=N–C) groups is 1. The lowest BCUT2D eigenvalue weighted by Crippen LogP contribution is -2.44. The molecule has 2 aliphatic heterocycles. The molecule has 2 aromatic rings. The quantitative estimate of drug-likeness (QED) is 0.509. The predicted molar refractivity (Wildman–Crippen MR) is 157 cm³/mol. The van der Waals surface area contributed by atoms with E-state index in [1.54, 1.807) is 18.1 Å². The number of carbonyl (C=O) groups excluding carboxylic acids is 1. The third kappa shape index (κ3) is 6.53. The van der Waals surface area contributed by atoms with E-state index in [1.165, 1.54) is 5.69 Å². The minimum absolute atomic E-state index is 0.0952. The fraction of sp³-hybridized carbons (Fsp3) is 0.355. The Labute approximate surface area is 226 Å². The first-order valence-electron chi connectivity index (χ1n) is 13.3. The molecule has 1 saturated heterocycles. The average Bonchev–Trinajstić information content (AvgIpc) is 2.95. The third-order valence-corrected chi connectivity index (χ3v) is 7.12. The third-order valence-electron chi connectivity index (χ3n) is 7.12. The maximum absolute atomic E-state index is 13.1. The summed E-state index contributed by atoms with van der Waals surface area (Å²) in [4.78, 5) is 24.6. The van der Waals surface area contributed by atoms with Crippen LogP contribution >= 0.6 is 0 Å². The van der Waals surface area contributed by atoms with E-state index >= 15 is 0 Å². The van der Waals surface area contributed by atoms with Gasteiger partial charge in [0, 0.05) is 49.2 Å². The van der Waals surface area contributed by atoms with Crippen LogP contribution in [0.5, 0.6) is 5.75 Å². The summed E-state index contributed by atoms with van der Waals surface area (Å²) < 4.78 is 5.39. The summed E-state index contributed by atoms with van der Waals surface area (Å²) in [6.45, 7) is 10.8. The Morgan fingerprint density at radius 3 is 2.47 bits per heavy atom. The van der Waals surface area contributed by atoms with Crippen LogP contribution in [0, 0.1) is 0 Å². The monoisotopic (exact) mass is 513 g/mol. The maximum atomic E-state index is 13.1. The van der Waals surface area contributed by atoms with E-state index in [9.17, 15) is 4.79 Å². The molecule has 4 rings (SSSR count). The minimum atomic E-state index is -0.0952. The molecule has 0 radical (unpaired) electrons. The molecule has 38 heavy (non-hydrogen) atoms. The smallest absolute Gasteiger partial charge is 0.252 e. The van der Waals surface area contributed by atoms with Crippen LogP contribution in [0.1, 0.15) is 32.8 Å². The van der Waals surface area contributed by atoms with Gasteiger partial charge in [0.05, 0.1) is 13.7 Å². The number of rotatable bonds is 8. The van der Waals surface area contributed by atoms with Crippen LogP contribution in [-0.2, 0) is 11.3 Å². The first-order chi connectivity index (χ1) is 18.4. The number of amides is 1. The van der Waals surface area contributed by atoms with Crippen LogP contribution in [0.25, 0.3) is 0 Å². The summed E-state index contributed by atoms with van der Waals surface area (Å²) in [5.41, 5.74) is 5.19. The van der Waals surface area contributed by atoms with Gasteiger partial charge < -0.3 is 19.9 Å². The normalized spacial score (nSPS) is 19.2. The van der Waals surface area contributed by atoms with Gasteiger partial charge in [-0.25, -0.2) is 4.99 Å². The van der Waals surface area contributed by atoms with Gasteiger partial charge in [-0.3, -0.25) is 9.69 Å².